The maximum atomic E-state index is 13.0. The van der Waals surface area contributed by atoms with Gasteiger partial charge in [0.1, 0.15) is 17.5 Å². The van der Waals surface area contributed by atoms with Crippen molar-refractivity contribution in [1.29, 1.82) is 0 Å². The molecule has 3 nitrogen and oxygen atoms in total. The van der Waals surface area contributed by atoms with Crippen molar-refractivity contribution >= 4 is 15.7 Å². The van der Waals surface area contributed by atoms with Gasteiger partial charge in [0.15, 0.2) is 0 Å². The van der Waals surface area contributed by atoms with E-state index in [0.29, 0.717) is 23.8 Å². The SMILES string of the molecule is Cc1cc(F)ccc1NS(=O)(=O)c1cc(F)cc(F)c1. The van der Waals surface area contributed by atoms with Crippen molar-refractivity contribution in [3.8, 4) is 0 Å². The van der Waals surface area contributed by atoms with Crippen molar-refractivity contribution in [2.24, 2.45) is 0 Å². The van der Waals surface area contributed by atoms with E-state index < -0.39 is 32.4 Å². The highest BCUT2D eigenvalue weighted by Gasteiger charge is 2.17. The minimum absolute atomic E-state index is 0.135. The summed E-state index contributed by atoms with van der Waals surface area (Å²) in [6.07, 6.45) is 0. The standard InChI is InChI=1S/C13H10F3NO2S/c1-8-4-9(14)2-3-13(8)17-20(18,19)12-6-10(15)5-11(16)7-12/h2-7,17H,1H3. The van der Waals surface area contributed by atoms with Crippen LogP contribution in [-0.2, 0) is 10.0 Å². The Morgan fingerprint density at radius 3 is 2.05 bits per heavy atom. The first-order valence-electron chi connectivity index (χ1n) is 5.53. The van der Waals surface area contributed by atoms with Crippen LogP contribution in [0.15, 0.2) is 41.3 Å². The molecular formula is C13H10F3NO2S. The predicted octanol–water partition coefficient (Wildman–Crippen LogP) is 3.21. The third kappa shape index (κ3) is 3.11. The Bertz CT molecular complexity index is 740. The Hall–Kier alpha value is -2.02. The van der Waals surface area contributed by atoms with Crippen molar-refractivity contribution in [2.45, 2.75) is 11.8 Å². The fourth-order valence-electron chi connectivity index (χ4n) is 1.63. The molecule has 7 heteroatoms. The molecule has 0 atom stereocenters. The zero-order chi connectivity index (χ0) is 14.9. The molecule has 0 fully saturated rings. The first kappa shape index (κ1) is 14.4. The molecule has 2 aromatic rings. The van der Waals surface area contributed by atoms with Gasteiger partial charge in [-0.15, -0.1) is 0 Å². The van der Waals surface area contributed by atoms with E-state index in [2.05, 4.69) is 4.72 Å². The lowest BCUT2D eigenvalue weighted by atomic mass is 10.2. The van der Waals surface area contributed by atoms with Gasteiger partial charge < -0.3 is 0 Å². The van der Waals surface area contributed by atoms with E-state index in [0.717, 1.165) is 12.1 Å². The van der Waals surface area contributed by atoms with E-state index in [9.17, 15) is 21.6 Å². The van der Waals surface area contributed by atoms with Crippen molar-refractivity contribution in [2.75, 3.05) is 4.72 Å². The van der Waals surface area contributed by atoms with Crippen LogP contribution >= 0.6 is 0 Å². The maximum absolute atomic E-state index is 13.0. The van der Waals surface area contributed by atoms with Crippen molar-refractivity contribution in [1.82, 2.24) is 0 Å². The molecule has 0 saturated carbocycles. The van der Waals surface area contributed by atoms with Gasteiger partial charge >= 0.3 is 0 Å². The highest BCUT2D eigenvalue weighted by Crippen LogP contribution is 2.21. The lowest BCUT2D eigenvalue weighted by Crippen LogP contribution is -2.14. The lowest BCUT2D eigenvalue weighted by Gasteiger charge is -2.10. The smallest absolute Gasteiger partial charge is 0.262 e. The molecule has 1 N–H and O–H groups in total. The molecule has 0 amide bonds. The number of hydrogen-bond donors (Lipinski definition) is 1. The van der Waals surface area contributed by atoms with E-state index in [1.165, 1.54) is 13.0 Å². The molecule has 0 saturated heterocycles. The van der Waals surface area contributed by atoms with Crippen LogP contribution in [0.4, 0.5) is 18.9 Å². The molecule has 2 rings (SSSR count). The highest BCUT2D eigenvalue weighted by atomic mass is 32.2. The molecule has 0 aliphatic rings. The summed E-state index contributed by atoms with van der Waals surface area (Å²) in [5.74, 6) is -2.51. The average molecular weight is 301 g/mol. The largest absolute Gasteiger partial charge is 0.279 e. The molecule has 0 heterocycles. The summed E-state index contributed by atoms with van der Waals surface area (Å²) >= 11 is 0. The molecule has 0 bridgehead atoms. The van der Waals surface area contributed by atoms with Gasteiger partial charge in [0, 0.05) is 6.07 Å². The number of aryl methyl sites for hydroxylation is 1. The molecule has 20 heavy (non-hydrogen) atoms. The number of anilines is 1. The van der Waals surface area contributed by atoms with Crippen molar-refractivity contribution in [3.05, 3.63) is 59.4 Å². The van der Waals surface area contributed by atoms with Gasteiger partial charge in [0.2, 0.25) is 0 Å². The van der Waals surface area contributed by atoms with E-state index in [4.69, 9.17) is 0 Å². The van der Waals surface area contributed by atoms with Gasteiger partial charge in [-0.25, -0.2) is 21.6 Å². The normalized spacial score (nSPS) is 11.4. The first-order valence-corrected chi connectivity index (χ1v) is 7.01. The van der Waals surface area contributed by atoms with Gasteiger partial charge in [0.25, 0.3) is 10.0 Å². The second-order valence-corrected chi connectivity index (χ2v) is 5.85. The average Bonchev–Trinajstić information content (AvgIpc) is 2.31. The molecular weight excluding hydrogens is 291 g/mol. The maximum Gasteiger partial charge on any atom is 0.262 e. The van der Waals surface area contributed by atoms with Crippen LogP contribution in [0.2, 0.25) is 0 Å². The quantitative estimate of drug-likeness (QED) is 0.946. The van der Waals surface area contributed by atoms with Crippen LogP contribution in [0.3, 0.4) is 0 Å². The van der Waals surface area contributed by atoms with Crippen molar-refractivity contribution < 1.29 is 21.6 Å². The Morgan fingerprint density at radius 1 is 0.900 bits per heavy atom. The zero-order valence-corrected chi connectivity index (χ0v) is 11.1. The summed E-state index contributed by atoms with van der Waals surface area (Å²) in [6, 6.07) is 5.43. The molecule has 0 aromatic heterocycles. The molecule has 0 spiro atoms. The van der Waals surface area contributed by atoms with Gasteiger partial charge in [-0.1, -0.05) is 0 Å². The summed E-state index contributed by atoms with van der Waals surface area (Å²) in [4.78, 5) is -0.543. The molecule has 106 valence electrons. The zero-order valence-electron chi connectivity index (χ0n) is 10.3. The number of rotatable bonds is 3. The van der Waals surface area contributed by atoms with Crippen molar-refractivity contribution in [3.63, 3.8) is 0 Å². The summed E-state index contributed by atoms with van der Waals surface area (Å²) in [5.41, 5.74) is 0.488. The third-order valence-electron chi connectivity index (χ3n) is 2.58. The third-order valence-corrected chi connectivity index (χ3v) is 3.92. The summed E-state index contributed by atoms with van der Waals surface area (Å²) < 4.78 is 65.2. The van der Waals surface area contributed by atoms with E-state index in [-0.39, 0.29) is 5.69 Å². The minimum atomic E-state index is -4.15. The summed E-state index contributed by atoms with van der Waals surface area (Å²) in [7, 11) is -4.15. The number of sulfonamides is 1. The highest BCUT2D eigenvalue weighted by molar-refractivity contribution is 7.92. The Balaban J connectivity index is 2.40. The Labute approximate surface area is 114 Å². The number of hydrogen-bond acceptors (Lipinski definition) is 2. The molecule has 0 unspecified atom stereocenters. The molecule has 0 radical (unpaired) electrons. The van der Waals surface area contributed by atoms with Gasteiger partial charge in [0.05, 0.1) is 10.6 Å². The molecule has 0 aliphatic heterocycles. The van der Waals surface area contributed by atoms with E-state index >= 15 is 0 Å². The Morgan fingerprint density at radius 2 is 1.50 bits per heavy atom. The van der Waals surface area contributed by atoms with Crippen LogP contribution < -0.4 is 4.72 Å². The second kappa shape index (κ2) is 5.16. The summed E-state index contributed by atoms with van der Waals surface area (Å²) in [6.45, 7) is 1.51. The number of nitrogens with one attached hydrogen (secondary N) is 1. The lowest BCUT2D eigenvalue weighted by molar-refractivity contribution is 0.568. The fraction of sp³-hybridized carbons (Fsp3) is 0.0769. The monoisotopic (exact) mass is 301 g/mol. The first-order chi connectivity index (χ1) is 9.28. The van der Waals surface area contributed by atoms with Crippen LogP contribution in [-0.4, -0.2) is 8.42 Å². The number of halogens is 3. The fourth-order valence-corrected chi connectivity index (χ4v) is 2.80. The van der Waals surface area contributed by atoms with Gasteiger partial charge in [-0.3, -0.25) is 4.72 Å². The Kier molecular flexibility index (Phi) is 3.71. The predicted molar refractivity (Wildman–Crippen MR) is 68.3 cm³/mol. The number of benzene rings is 2. The van der Waals surface area contributed by atoms with E-state index in [1.807, 2.05) is 0 Å². The van der Waals surface area contributed by atoms with Crippen LogP contribution in [0.1, 0.15) is 5.56 Å². The van der Waals surface area contributed by atoms with Crippen LogP contribution in [0.5, 0.6) is 0 Å². The summed E-state index contributed by atoms with van der Waals surface area (Å²) in [5, 5.41) is 0. The topological polar surface area (TPSA) is 46.2 Å². The van der Waals surface area contributed by atoms with E-state index in [1.54, 1.807) is 0 Å². The van der Waals surface area contributed by atoms with Crippen LogP contribution in [0, 0.1) is 24.4 Å². The van der Waals surface area contributed by atoms with Gasteiger partial charge in [-0.2, -0.15) is 0 Å². The minimum Gasteiger partial charge on any atom is -0.279 e. The van der Waals surface area contributed by atoms with Gasteiger partial charge in [-0.05, 0) is 42.8 Å². The molecule has 0 aliphatic carbocycles. The second-order valence-electron chi connectivity index (χ2n) is 4.17. The molecule has 2 aromatic carbocycles. The van der Waals surface area contributed by atoms with Crippen LogP contribution in [0.25, 0.3) is 0 Å².